The topological polar surface area (TPSA) is 108 Å². The van der Waals surface area contributed by atoms with Gasteiger partial charge in [0.05, 0.1) is 12.8 Å². The van der Waals surface area contributed by atoms with Crippen LogP contribution in [-0.4, -0.2) is 47.6 Å². The van der Waals surface area contributed by atoms with E-state index in [1.807, 2.05) is 22.2 Å². The van der Waals surface area contributed by atoms with Crippen LogP contribution in [0.5, 0.6) is 5.75 Å². The molecule has 1 heterocycles. The fourth-order valence-corrected chi connectivity index (χ4v) is 5.60. The Hall–Kier alpha value is -4.23. The lowest BCUT2D eigenvalue weighted by Crippen LogP contribution is -2.54. The first-order valence-corrected chi connectivity index (χ1v) is 14.2. The van der Waals surface area contributed by atoms with Crippen molar-refractivity contribution in [3.8, 4) is 5.75 Å². The van der Waals surface area contributed by atoms with Gasteiger partial charge in [-0.15, -0.1) is 11.3 Å². The van der Waals surface area contributed by atoms with Crippen molar-refractivity contribution in [1.29, 1.82) is 0 Å². The van der Waals surface area contributed by atoms with E-state index in [-0.39, 0.29) is 17.7 Å². The minimum absolute atomic E-state index is 0.0918. The number of urea groups is 1. The molecule has 0 unspecified atom stereocenters. The van der Waals surface area contributed by atoms with Gasteiger partial charge < -0.3 is 15.0 Å². The quantitative estimate of drug-likeness (QED) is 0.301. The van der Waals surface area contributed by atoms with E-state index in [0.29, 0.717) is 17.5 Å². The zero-order valence-corrected chi connectivity index (χ0v) is 23.4. The maximum Gasteiger partial charge on any atom is 0.330 e. The third kappa shape index (κ3) is 6.66. The van der Waals surface area contributed by atoms with Gasteiger partial charge in [0, 0.05) is 43.0 Å². The van der Waals surface area contributed by atoms with Crippen molar-refractivity contribution in [3.05, 3.63) is 89.3 Å². The first kappa shape index (κ1) is 28.8. The second-order valence-electron chi connectivity index (χ2n) is 8.82. The number of carbonyl (C=O) groups is 2. The number of ether oxygens (including phenoxy) is 1. The highest BCUT2D eigenvalue weighted by atomic mass is 32.2. The van der Waals surface area contributed by atoms with Crippen LogP contribution < -0.4 is 24.0 Å². The van der Waals surface area contributed by atoms with E-state index in [4.69, 9.17) is 4.74 Å². The Morgan fingerprint density at radius 2 is 1.70 bits per heavy atom. The van der Waals surface area contributed by atoms with Gasteiger partial charge in [0.15, 0.2) is 0 Å². The van der Waals surface area contributed by atoms with Gasteiger partial charge in [0.2, 0.25) is 5.91 Å². The van der Waals surface area contributed by atoms with E-state index in [1.54, 1.807) is 24.3 Å². The fourth-order valence-electron chi connectivity index (χ4n) is 4.01. The highest BCUT2D eigenvalue weighted by Gasteiger charge is 2.29. The van der Waals surface area contributed by atoms with Crippen molar-refractivity contribution in [2.75, 3.05) is 30.4 Å². The average Bonchev–Trinajstić information content (AvgIpc) is 3.38. The molecule has 40 heavy (non-hydrogen) atoms. The Labute approximate surface area is 234 Å². The average molecular weight is 589 g/mol. The van der Waals surface area contributed by atoms with E-state index in [1.165, 1.54) is 49.6 Å². The largest absolute Gasteiger partial charge is 0.497 e. The number of likely N-dealkylation sites (N-methyl/N-ethyl adjacent to an activating group) is 1. The van der Waals surface area contributed by atoms with E-state index >= 15 is 0 Å². The van der Waals surface area contributed by atoms with Crippen LogP contribution in [0, 0.1) is 11.6 Å². The Morgan fingerprint density at radius 3 is 2.40 bits per heavy atom. The number of fused-ring (bicyclic) bond motifs is 1. The summed E-state index contributed by atoms with van der Waals surface area (Å²) in [5.74, 6) is -1.94. The fraction of sp³-hybridized carbons (Fsp3) is 0.185. The van der Waals surface area contributed by atoms with Gasteiger partial charge in [-0.05, 0) is 64.9 Å². The van der Waals surface area contributed by atoms with E-state index in [0.717, 1.165) is 26.5 Å². The molecule has 0 aliphatic heterocycles. The number of hydrogen-bond donors (Lipinski definition) is 2. The molecule has 0 saturated heterocycles. The molecule has 13 heteroatoms. The molecule has 0 aliphatic carbocycles. The lowest BCUT2D eigenvalue weighted by atomic mass is 10.0. The van der Waals surface area contributed by atoms with Crippen LogP contribution in [0.25, 0.3) is 10.1 Å². The predicted octanol–water partition coefficient (Wildman–Crippen LogP) is 4.44. The highest BCUT2D eigenvalue weighted by molar-refractivity contribution is 7.91. The molecule has 3 aromatic carbocycles. The van der Waals surface area contributed by atoms with Crippen LogP contribution in [-0.2, 0) is 21.4 Å². The number of benzene rings is 3. The second-order valence-corrected chi connectivity index (χ2v) is 11.5. The Balaban J connectivity index is 1.57. The van der Waals surface area contributed by atoms with Gasteiger partial charge in [-0.25, -0.2) is 18.3 Å². The predicted molar refractivity (Wildman–Crippen MR) is 151 cm³/mol. The normalized spacial score (nSPS) is 12.0. The van der Waals surface area contributed by atoms with Crippen LogP contribution in [0.4, 0.5) is 25.0 Å². The zero-order chi connectivity index (χ0) is 29.0. The first-order chi connectivity index (χ1) is 19.0. The number of methoxy groups -OCH3 is 1. The summed E-state index contributed by atoms with van der Waals surface area (Å²) in [6.07, 6.45) is -0.308. The SMILES string of the molecule is COc1cccc(N(C)S(=O)(=O)NC(=O)N[C@@H](Cc2cc(F)cc(F)c2)C(=O)N(C)c2ccc3sccc3c2)c1. The van der Waals surface area contributed by atoms with Gasteiger partial charge in [-0.3, -0.25) is 9.10 Å². The number of amides is 3. The van der Waals surface area contributed by atoms with Crippen LogP contribution >= 0.6 is 11.3 Å². The molecule has 0 fully saturated rings. The number of carbonyl (C=O) groups excluding carboxylic acids is 2. The Morgan fingerprint density at radius 1 is 0.975 bits per heavy atom. The molecule has 9 nitrogen and oxygen atoms in total. The van der Waals surface area contributed by atoms with Crippen LogP contribution in [0.1, 0.15) is 5.56 Å². The number of hydrogen-bond acceptors (Lipinski definition) is 6. The molecule has 0 spiro atoms. The smallest absolute Gasteiger partial charge is 0.330 e. The molecular formula is C27H26F2N4O5S2. The molecule has 3 amide bonds. The standard InChI is InChI=1S/C27H26F2N4O5S2/c1-32(21-7-8-25-18(14-21)9-10-39-25)26(34)24(13-17-11-19(28)15-20(29)12-17)30-27(35)31-40(36,37)33(2)22-5-4-6-23(16-22)38-3/h4-12,14-16,24H,13H2,1-3H3,(H2,30,31,35)/t24-/m0/s1. The van der Waals surface area contributed by atoms with E-state index < -0.39 is 39.8 Å². The van der Waals surface area contributed by atoms with Gasteiger partial charge in [-0.2, -0.15) is 8.42 Å². The minimum atomic E-state index is -4.41. The van der Waals surface area contributed by atoms with Crippen molar-refractivity contribution < 1.29 is 31.5 Å². The first-order valence-electron chi connectivity index (χ1n) is 11.9. The van der Waals surface area contributed by atoms with Crippen LogP contribution in [0.2, 0.25) is 0 Å². The summed E-state index contributed by atoms with van der Waals surface area (Å²) >= 11 is 1.54. The molecule has 1 aromatic heterocycles. The number of halogens is 2. The van der Waals surface area contributed by atoms with Gasteiger partial charge in [-0.1, -0.05) is 6.07 Å². The summed E-state index contributed by atoms with van der Waals surface area (Å²) in [6, 6.07) is 13.6. The molecule has 0 aliphatic rings. The van der Waals surface area contributed by atoms with Gasteiger partial charge in [0.1, 0.15) is 23.4 Å². The molecule has 4 rings (SSSR count). The molecule has 0 radical (unpaired) electrons. The Kier molecular flexibility index (Phi) is 8.55. The summed E-state index contributed by atoms with van der Waals surface area (Å²) in [5, 5.41) is 5.17. The third-order valence-corrected chi connectivity index (χ3v) is 8.39. The van der Waals surface area contributed by atoms with E-state index in [9.17, 15) is 26.8 Å². The van der Waals surface area contributed by atoms with Crippen molar-refractivity contribution in [1.82, 2.24) is 10.0 Å². The lowest BCUT2D eigenvalue weighted by molar-refractivity contribution is -0.120. The number of rotatable bonds is 9. The summed E-state index contributed by atoms with van der Waals surface area (Å²) < 4.78 is 62.4. The summed E-state index contributed by atoms with van der Waals surface area (Å²) in [6.45, 7) is 0. The van der Waals surface area contributed by atoms with Crippen molar-refractivity contribution in [2.24, 2.45) is 0 Å². The monoisotopic (exact) mass is 588 g/mol. The maximum absolute atomic E-state index is 13.9. The summed E-state index contributed by atoms with van der Waals surface area (Å²) in [4.78, 5) is 27.7. The summed E-state index contributed by atoms with van der Waals surface area (Å²) in [7, 11) is -0.265. The number of nitrogens with one attached hydrogen (secondary N) is 2. The number of thiophene rings is 1. The van der Waals surface area contributed by atoms with E-state index in [2.05, 4.69) is 5.32 Å². The van der Waals surface area contributed by atoms with Crippen molar-refractivity contribution in [3.63, 3.8) is 0 Å². The molecule has 210 valence electrons. The van der Waals surface area contributed by atoms with Crippen LogP contribution in [0.3, 0.4) is 0 Å². The molecule has 4 aromatic rings. The third-order valence-electron chi connectivity index (χ3n) is 6.12. The second kappa shape index (κ2) is 11.9. The molecule has 0 bridgehead atoms. The molecular weight excluding hydrogens is 562 g/mol. The van der Waals surface area contributed by atoms with Gasteiger partial charge in [0.25, 0.3) is 0 Å². The Bertz CT molecular complexity index is 1640. The minimum Gasteiger partial charge on any atom is -0.497 e. The molecule has 2 N–H and O–H groups in total. The highest BCUT2D eigenvalue weighted by Crippen LogP contribution is 2.26. The number of nitrogens with zero attached hydrogens (tertiary/aromatic N) is 2. The summed E-state index contributed by atoms with van der Waals surface area (Å²) in [5.41, 5.74) is 0.819. The lowest BCUT2D eigenvalue weighted by Gasteiger charge is -2.26. The molecule has 1 atom stereocenters. The van der Waals surface area contributed by atoms with Crippen molar-refractivity contribution >= 4 is 54.9 Å². The maximum atomic E-state index is 13.9. The molecule has 0 saturated carbocycles. The number of anilines is 2. The van der Waals surface area contributed by atoms with Gasteiger partial charge >= 0.3 is 16.2 Å². The van der Waals surface area contributed by atoms with Crippen molar-refractivity contribution in [2.45, 2.75) is 12.5 Å². The van der Waals surface area contributed by atoms with Crippen LogP contribution in [0.15, 0.2) is 72.1 Å². The zero-order valence-electron chi connectivity index (χ0n) is 21.7.